The molecule has 2 aliphatic rings. The summed E-state index contributed by atoms with van der Waals surface area (Å²) in [6.07, 6.45) is 2.42. The molecule has 2 aliphatic heterocycles. The molecule has 2 atom stereocenters. The normalized spacial score (nSPS) is 18.5. The van der Waals surface area contributed by atoms with Crippen molar-refractivity contribution in [2.75, 3.05) is 0 Å². The van der Waals surface area contributed by atoms with E-state index in [0.717, 1.165) is 16.7 Å². The molecule has 0 saturated heterocycles. The Morgan fingerprint density at radius 3 is 2.00 bits per heavy atom. The first-order chi connectivity index (χ1) is 18.5. The van der Waals surface area contributed by atoms with Gasteiger partial charge in [-0.25, -0.2) is 0 Å². The summed E-state index contributed by atoms with van der Waals surface area (Å²) >= 11 is 0. The molecule has 4 aromatic carbocycles. The number of phenolic OH excluding ortho intramolecular Hbond substituents is 1. The third-order valence-corrected chi connectivity index (χ3v) is 6.53. The summed E-state index contributed by atoms with van der Waals surface area (Å²) < 4.78 is 11.9. The number of carbonyl (C=O) groups excluding carboxylic acids is 1. The number of nitriles is 1. The molecule has 0 aliphatic carbocycles. The molecule has 4 aromatic rings. The summed E-state index contributed by atoms with van der Waals surface area (Å²) in [5.74, 6) is 1.63. The number of aliphatic imine (C=N–C) groups is 1. The van der Waals surface area contributed by atoms with Gasteiger partial charge < -0.3 is 14.6 Å². The summed E-state index contributed by atoms with van der Waals surface area (Å²) in [5.41, 5.74) is 5.21. The lowest BCUT2D eigenvalue weighted by molar-refractivity contribution is 0.0850. The van der Waals surface area contributed by atoms with E-state index in [1.54, 1.807) is 18.2 Å². The van der Waals surface area contributed by atoms with E-state index in [2.05, 4.69) is 4.99 Å². The van der Waals surface area contributed by atoms with Gasteiger partial charge in [0.25, 0.3) is 0 Å². The minimum atomic E-state index is -0.166. The van der Waals surface area contributed by atoms with Crippen molar-refractivity contribution in [1.82, 2.24) is 0 Å². The van der Waals surface area contributed by atoms with Crippen LogP contribution in [0.15, 0.2) is 102 Å². The minimum absolute atomic E-state index is 0.135. The summed E-state index contributed by atoms with van der Waals surface area (Å²) in [7, 11) is 0. The van der Waals surface area contributed by atoms with Gasteiger partial charge in [-0.05, 0) is 48.4 Å². The van der Waals surface area contributed by atoms with Crippen molar-refractivity contribution in [2.45, 2.75) is 32.0 Å². The fourth-order valence-corrected chi connectivity index (χ4v) is 4.64. The van der Waals surface area contributed by atoms with E-state index in [0.29, 0.717) is 41.2 Å². The molecule has 2 heterocycles. The number of Topliss-reactive ketones (excluding diaryl/α,β-unsaturated/α-hetero) is 1. The molecule has 0 spiro atoms. The lowest BCUT2D eigenvalue weighted by Crippen LogP contribution is -2.20. The average Bonchev–Trinajstić information content (AvgIpc) is 2.95. The van der Waals surface area contributed by atoms with E-state index in [1.807, 2.05) is 92.0 Å². The molecule has 0 aromatic heterocycles. The summed E-state index contributed by atoms with van der Waals surface area (Å²) in [5, 5.41) is 18.4. The minimum Gasteiger partial charge on any atom is -0.508 e. The van der Waals surface area contributed by atoms with Crippen molar-refractivity contribution < 1.29 is 19.4 Å². The first-order valence-corrected chi connectivity index (χ1v) is 12.4. The van der Waals surface area contributed by atoms with Crippen LogP contribution in [-0.2, 0) is 0 Å². The standard InChI is InChI=1S/C16H12N2O2.C16H14O2/c17-10-18-14-9-16(11-4-2-1-3-5-11)20-15-7-6-12(19)8-13(14)15;1-11-7-8-15-13(9-11)14(17)10-16(18-15)12-5-3-2-4-6-12/h1-8,16,19H,9H2;2-9,16H,10H2,1H3. The Bertz CT molecular complexity index is 1520. The van der Waals surface area contributed by atoms with E-state index in [-0.39, 0.29) is 23.7 Å². The lowest BCUT2D eigenvalue weighted by atomic mass is 9.95. The predicted molar refractivity (Wildman–Crippen MR) is 145 cm³/mol. The molecule has 188 valence electrons. The molecule has 6 heteroatoms. The second kappa shape index (κ2) is 11.0. The van der Waals surface area contributed by atoms with Crippen LogP contribution in [0.4, 0.5) is 0 Å². The number of nitrogens with zero attached hydrogens (tertiary/aromatic N) is 2. The van der Waals surface area contributed by atoms with E-state index in [9.17, 15) is 9.90 Å². The number of phenols is 1. The van der Waals surface area contributed by atoms with Gasteiger partial charge in [0.05, 0.1) is 17.7 Å². The number of fused-ring (bicyclic) bond motifs is 2. The molecular weight excluding hydrogens is 476 g/mol. The Hall–Kier alpha value is -4.89. The van der Waals surface area contributed by atoms with Crippen LogP contribution in [0.1, 0.15) is 57.7 Å². The average molecular weight is 503 g/mol. The molecule has 6 nitrogen and oxygen atoms in total. The zero-order valence-electron chi connectivity index (χ0n) is 20.9. The van der Waals surface area contributed by atoms with Crippen LogP contribution in [0.25, 0.3) is 0 Å². The molecule has 1 N–H and O–H groups in total. The van der Waals surface area contributed by atoms with Gasteiger partial charge in [0, 0.05) is 12.0 Å². The first-order valence-electron chi connectivity index (χ1n) is 12.4. The zero-order valence-corrected chi connectivity index (χ0v) is 20.9. The smallest absolute Gasteiger partial charge is 0.205 e. The van der Waals surface area contributed by atoms with Gasteiger partial charge in [0.2, 0.25) is 6.19 Å². The number of ether oxygens (including phenoxy) is 2. The molecule has 0 saturated carbocycles. The van der Waals surface area contributed by atoms with Gasteiger partial charge in [-0.3, -0.25) is 4.79 Å². The number of rotatable bonds is 2. The number of aryl methyl sites for hydroxylation is 1. The van der Waals surface area contributed by atoms with Crippen LogP contribution in [0.2, 0.25) is 0 Å². The fraction of sp³-hybridized carbons (Fsp3) is 0.156. The van der Waals surface area contributed by atoms with Crippen molar-refractivity contribution in [3.8, 4) is 23.4 Å². The van der Waals surface area contributed by atoms with Crippen LogP contribution in [0, 0.1) is 18.4 Å². The second-order valence-corrected chi connectivity index (χ2v) is 9.20. The maximum Gasteiger partial charge on any atom is 0.205 e. The number of benzene rings is 4. The van der Waals surface area contributed by atoms with Crippen molar-refractivity contribution in [1.29, 1.82) is 5.26 Å². The largest absolute Gasteiger partial charge is 0.508 e. The Kier molecular flexibility index (Phi) is 7.19. The third-order valence-electron chi connectivity index (χ3n) is 6.53. The van der Waals surface area contributed by atoms with Gasteiger partial charge >= 0.3 is 0 Å². The third kappa shape index (κ3) is 5.42. The predicted octanol–water partition coefficient (Wildman–Crippen LogP) is 6.89. The molecule has 2 unspecified atom stereocenters. The lowest BCUT2D eigenvalue weighted by Gasteiger charge is -2.27. The van der Waals surface area contributed by atoms with E-state index >= 15 is 0 Å². The SMILES string of the molecule is Cc1ccc2c(c1)C(=O)CC(c1ccccc1)O2.N#CN=C1CC(c2ccccc2)Oc2ccc(O)cc21. The van der Waals surface area contributed by atoms with Crippen LogP contribution < -0.4 is 9.47 Å². The summed E-state index contributed by atoms with van der Waals surface area (Å²) in [4.78, 5) is 16.0. The van der Waals surface area contributed by atoms with Gasteiger partial charge in [-0.15, -0.1) is 0 Å². The Morgan fingerprint density at radius 1 is 0.789 bits per heavy atom. The maximum atomic E-state index is 12.1. The number of aromatic hydroxyl groups is 1. The summed E-state index contributed by atoms with van der Waals surface area (Å²) in [6, 6.07) is 30.3. The Balaban J connectivity index is 0.000000156. The molecular formula is C32H26N2O4. The highest BCUT2D eigenvalue weighted by atomic mass is 16.5. The van der Waals surface area contributed by atoms with E-state index in [1.165, 1.54) is 0 Å². The van der Waals surface area contributed by atoms with Crippen LogP contribution in [0.3, 0.4) is 0 Å². The fourth-order valence-electron chi connectivity index (χ4n) is 4.64. The quantitative estimate of drug-likeness (QED) is 0.301. The second-order valence-electron chi connectivity index (χ2n) is 9.20. The van der Waals surface area contributed by atoms with E-state index in [4.69, 9.17) is 14.7 Å². The number of ketones is 1. The highest BCUT2D eigenvalue weighted by Crippen LogP contribution is 2.37. The molecule has 6 rings (SSSR count). The van der Waals surface area contributed by atoms with Crippen LogP contribution in [0.5, 0.6) is 17.2 Å². The highest BCUT2D eigenvalue weighted by molar-refractivity contribution is 6.05. The molecule has 0 radical (unpaired) electrons. The number of hydrogen-bond acceptors (Lipinski definition) is 6. The molecule has 38 heavy (non-hydrogen) atoms. The Morgan fingerprint density at radius 2 is 1.37 bits per heavy atom. The van der Waals surface area contributed by atoms with E-state index < -0.39 is 0 Å². The maximum absolute atomic E-state index is 12.1. The van der Waals surface area contributed by atoms with Crippen LogP contribution in [-0.4, -0.2) is 16.6 Å². The molecule has 0 fully saturated rings. The zero-order chi connectivity index (χ0) is 26.5. The van der Waals surface area contributed by atoms with Gasteiger partial charge in [-0.1, -0.05) is 72.3 Å². The highest BCUT2D eigenvalue weighted by Gasteiger charge is 2.28. The van der Waals surface area contributed by atoms with Gasteiger partial charge in [0.15, 0.2) is 5.78 Å². The molecule has 0 bridgehead atoms. The Labute approximate surface area is 221 Å². The van der Waals surface area contributed by atoms with Crippen molar-refractivity contribution in [2.24, 2.45) is 4.99 Å². The molecule has 0 amide bonds. The number of hydrogen-bond donors (Lipinski definition) is 1. The van der Waals surface area contributed by atoms with Crippen molar-refractivity contribution in [3.05, 3.63) is 125 Å². The number of carbonyl (C=O) groups is 1. The summed E-state index contributed by atoms with van der Waals surface area (Å²) in [6.45, 7) is 1.98. The van der Waals surface area contributed by atoms with Crippen LogP contribution >= 0.6 is 0 Å². The topological polar surface area (TPSA) is 91.9 Å². The first kappa shape index (κ1) is 24.8. The monoisotopic (exact) mass is 502 g/mol. The van der Waals surface area contributed by atoms with Gasteiger partial charge in [0.1, 0.15) is 29.5 Å². The van der Waals surface area contributed by atoms with Crippen molar-refractivity contribution in [3.63, 3.8) is 0 Å². The van der Waals surface area contributed by atoms with Crippen molar-refractivity contribution >= 4 is 11.5 Å². The van der Waals surface area contributed by atoms with Gasteiger partial charge in [-0.2, -0.15) is 10.3 Å².